The van der Waals surface area contributed by atoms with Crippen LogP contribution < -0.4 is 4.74 Å². The second-order valence-electron chi connectivity index (χ2n) is 2.98. The summed E-state index contributed by atoms with van der Waals surface area (Å²) in [6.07, 6.45) is 0. The van der Waals surface area contributed by atoms with Gasteiger partial charge in [0.25, 0.3) is 0 Å². The highest BCUT2D eigenvalue weighted by Gasteiger charge is 2.16. The fourth-order valence-electron chi connectivity index (χ4n) is 1.36. The lowest BCUT2D eigenvalue weighted by Crippen LogP contribution is -2.02. The number of thiazole rings is 1. The van der Waals surface area contributed by atoms with Gasteiger partial charge in [-0.3, -0.25) is 0 Å². The van der Waals surface area contributed by atoms with E-state index in [1.165, 1.54) is 18.4 Å². The maximum atomic E-state index is 11.6. The molecule has 0 N–H and O–H groups in total. The molecule has 0 bridgehead atoms. The number of hydrogen-bond acceptors (Lipinski definition) is 5. The molecule has 0 fully saturated rings. The molecule has 0 spiro atoms. The van der Waals surface area contributed by atoms with Crippen LogP contribution in [-0.2, 0) is 4.74 Å². The van der Waals surface area contributed by atoms with Crippen LogP contribution in [0.2, 0.25) is 0 Å². The Hall–Kier alpha value is -1.14. The predicted octanol–water partition coefficient (Wildman–Crippen LogP) is 2.85. The van der Waals surface area contributed by atoms with E-state index in [1.54, 1.807) is 13.2 Å². The Balaban J connectivity index is 2.72. The van der Waals surface area contributed by atoms with Crippen molar-refractivity contribution in [3.05, 3.63) is 21.6 Å². The Morgan fingerprint density at radius 1 is 1.44 bits per heavy atom. The van der Waals surface area contributed by atoms with Gasteiger partial charge in [0.05, 0.1) is 30.0 Å². The summed E-state index contributed by atoms with van der Waals surface area (Å²) in [4.78, 5) is 15.8. The highest BCUT2D eigenvalue weighted by atomic mass is 79.9. The summed E-state index contributed by atoms with van der Waals surface area (Å²) in [5.74, 6) is 0.200. The lowest BCUT2D eigenvalue weighted by atomic mass is 10.2. The zero-order valence-corrected chi connectivity index (χ0v) is 11.0. The number of ether oxygens (including phenoxy) is 2. The third-order valence-corrected chi connectivity index (χ3v) is 3.54. The molecule has 16 heavy (non-hydrogen) atoms. The minimum atomic E-state index is -0.415. The standard InChI is InChI=1S/C10H8BrNO3S/c1-14-5-3-6(9(13)15-2)8-7(4-5)16-10(11)12-8/h3-4H,1-2H3. The minimum absolute atomic E-state index is 0.415. The number of carbonyl (C=O) groups excluding carboxylic acids is 1. The summed E-state index contributed by atoms with van der Waals surface area (Å²) in [6, 6.07) is 3.46. The Kier molecular flexibility index (Phi) is 3.11. The highest BCUT2D eigenvalue weighted by molar-refractivity contribution is 9.11. The minimum Gasteiger partial charge on any atom is -0.497 e. The highest BCUT2D eigenvalue weighted by Crippen LogP contribution is 2.32. The van der Waals surface area contributed by atoms with E-state index >= 15 is 0 Å². The average Bonchev–Trinajstić information content (AvgIpc) is 2.66. The predicted molar refractivity (Wildman–Crippen MR) is 65.2 cm³/mol. The van der Waals surface area contributed by atoms with Crippen LogP contribution in [0.25, 0.3) is 10.2 Å². The molecule has 0 aliphatic rings. The van der Waals surface area contributed by atoms with Crippen molar-refractivity contribution in [3.63, 3.8) is 0 Å². The number of fused-ring (bicyclic) bond motifs is 1. The number of carbonyl (C=O) groups is 1. The van der Waals surface area contributed by atoms with Crippen molar-refractivity contribution in [3.8, 4) is 5.75 Å². The number of esters is 1. The molecule has 0 atom stereocenters. The fourth-order valence-corrected chi connectivity index (χ4v) is 2.81. The topological polar surface area (TPSA) is 48.4 Å². The van der Waals surface area contributed by atoms with Crippen molar-refractivity contribution in [1.29, 1.82) is 0 Å². The number of halogens is 1. The molecule has 0 radical (unpaired) electrons. The number of benzene rings is 1. The van der Waals surface area contributed by atoms with Crippen LogP contribution in [0.15, 0.2) is 16.0 Å². The SMILES string of the molecule is COC(=O)c1cc(OC)cc2sc(Br)nc12. The number of methoxy groups -OCH3 is 2. The largest absolute Gasteiger partial charge is 0.497 e. The van der Waals surface area contributed by atoms with E-state index in [2.05, 4.69) is 20.9 Å². The number of hydrogen-bond donors (Lipinski definition) is 0. The van der Waals surface area contributed by atoms with Gasteiger partial charge in [0.2, 0.25) is 0 Å². The van der Waals surface area contributed by atoms with Gasteiger partial charge in [0, 0.05) is 0 Å². The van der Waals surface area contributed by atoms with Gasteiger partial charge in [-0.2, -0.15) is 0 Å². The van der Waals surface area contributed by atoms with E-state index in [-0.39, 0.29) is 0 Å². The van der Waals surface area contributed by atoms with E-state index in [1.807, 2.05) is 6.07 Å². The summed E-state index contributed by atoms with van der Waals surface area (Å²) in [7, 11) is 2.90. The summed E-state index contributed by atoms with van der Waals surface area (Å²) < 4.78 is 11.4. The van der Waals surface area contributed by atoms with Crippen LogP contribution >= 0.6 is 27.3 Å². The van der Waals surface area contributed by atoms with Gasteiger partial charge >= 0.3 is 5.97 Å². The van der Waals surface area contributed by atoms with Crippen LogP contribution in [0, 0.1) is 0 Å². The first-order valence-corrected chi connectivity index (χ1v) is 5.99. The molecule has 0 aliphatic heterocycles. The van der Waals surface area contributed by atoms with E-state index < -0.39 is 5.97 Å². The number of rotatable bonds is 2. The maximum absolute atomic E-state index is 11.6. The molecule has 84 valence electrons. The van der Waals surface area contributed by atoms with Crippen LogP contribution in [0.5, 0.6) is 5.75 Å². The first kappa shape index (κ1) is 11.3. The maximum Gasteiger partial charge on any atom is 0.340 e. The lowest BCUT2D eigenvalue weighted by Gasteiger charge is -2.03. The molecular weight excluding hydrogens is 294 g/mol. The van der Waals surface area contributed by atoms with E-state index in [0.717, 1.165) is 8.62 Å². The second-order valence-corrected chi connectivity index (χ2v) is 5.29. The van der Waals surface area contributed by atoms with E-state index in [9.17, 15) is 4.79 Å². The molecular formula is C10H8BrNO3S. The normalized spacial score (nSPS) is 10.4. The second kappa shape index (κ2) is 4.39. The van der Waals surface area contributed by atoms with Gasteiger partial charge in [-0.15, -0.1) is 11.3 Å². The summed E-state index contributed by atoms with van der Waals surface area (Å²) in [6.45, 7) is 0. The number of nitrogens with zero attached hydrogens (tertiary/aromatic N) is 1. The van der Waals surface area contributed by atoms with Crippen molar-refractivity contribution in [2.45, 2.75) is 0 Å². The molecule has 4 nitrogen and oxygen atoms in total. The zero-order chi connectivity index (χ0) is 11.7. The van der Waals surface area contributed by atoms with E-state index in [4.69, 9.17) is 9.47 Å². The Morgan fingerprint density at radius 2 is 2.19 bits per heavy atom. The van der Waals surface area contributed by atoms with Gasteiger partial charge in [-0.25, -0.2) is 9.78 Å². The summed E-state index contributed by atoms with van der Waals surface area (Å²) in [5, 5.41) is 0. The molecule has 2 aromatic rings. The lowest BCUT2D eigenvalue weighted by molar-refractivity contribution is 0.0602. The quantitative estimate of drug-likeness (QED) is 0.800. The molecule has 0 aliphatic carbocycles. The van der Waals surface area contributed by atoms with Crippen LogP contribution in [0.3, 0.4) is 0 Å². The van der Waals surface area contributed by atoms with Gasteiger partial charge in [0.1, 0.15) is 5.75 Å². The third kappa shape index (κ3) is 1.90. The van der Waals surface area contributed by atoms with Gasteiger partial charge < -0.3 is 9.47 Å². The zero-order valence-electron chi connectivity index (χ0n) is 8.61. The van der Waals surface area contributed by atoms with Gasteiger partial charge in [0.15, 0.2) is 3.92 Å². The Labute approximate surface area is 104 Å². The molecule has 0 saturated heterocycles. The molecule has 1 aromatic heterocycles. The fraction of sp³-hybridized carbons (Fsp3) is 0.200. The van der Waals surface area contributed by atoms with Crippen LogP contribution in [-0.4, -0.2) is 25.2 Å². The number of aromatic nitrogens is 1. The first-order chi connectivity index (χ1) is 7.65. The van der Waals surface area contributed by atoms with Crippen molar-refractivity contribution >= 4 is 43.5 Å². The van der Waals surface area contributed by atoms with Gasteiger partial charge in [-0.05, 0) is 28.1 Å². The molecule has 2 rings (SSSR count). The Morgan fingerprint density at radius 3 is 2.81 bits per heavy atom. The third-order valence-electron chi connectivity index (χ3n) is 2.08. The molecule has 1 heterocycles. The van der Waals surface area contributed by atoms with Gasteiger partial charge in [-0.1, -0.05) is 0 Å². The molecule has 0 saturated carbocycles. The van der Waals surface area contributed by atoms with Crippen molar-refractivity contribution < 1.29 is 14.3 Å². The van der Waals surface area contributed by atoms with Crippen molar-refractivity contribution in [2.24, 2.45) is 0 Å². The van der Waals surface area contributed by atoms with Crippen LogP contribution in [0.4, 0.5) is 0 Å². The van der Waals surface area contributed by atoms with Crippen molar-refractivity contribution in [2.75, 3.05) is 14.2 Å². The summed E-state index contributed by atoms with van der Waals surface area (Å²) in [5.41, 5.74) is 1.04. The Bertz CT molecular complexity index is 552. The molecule has 1 aromatic carbocycles. The smallest absolute Gasteiger partial charge is 0.340 e. The molecule has 0 unspecified atom stereocenters. The molecule has 6 heteroatoms. The van der Waals surface area contributed by atoms with Crippen LogP contribution in [0.1, 0.15) is 10.4 Å². The monoisotopic (exact) mass is 301 g/mol. The summed E-state index contributed by atoms with van der Waals surface area (Å²) >= 11 is 4.73. The molecule has 0 amide bonds. The van der Waals surface area contributed by atoms with E-state index in [0.29, 0.717) is 16.8 Å². The van der Waals surface area contributed by atoms with Crippen molar-refractivity contribution in [1.82, 2.24) is 4.98 Å². The first-order valence-electron chi connectivity index (χ1n) is 4.38. The average molecular weight is 302 g/mol.